The Morgan fingerprint density at radius 1 is 0.929 bits per heavy atom. The number of para-hydroxylation sites is 1. The highest BCUT2D eigenvalue weighted by Crippen LogP contribution is 2.22. The molecule has 2 aromatic carbocycles. The first-order valence-electron chi connectivity index (χ1n) is 9.37. The Hall–Kier alpha value is -3.41. The highest BCUT2D eigenvalue weighted by Gasteiger charge is 2.22. The van der Waals surface area contributed by atoms with Crippen LogP contribution >= 0.6 is 0 Å². The summed E-state index contributed by atoms with van der Waals surface area (Å²) in [5.41, 5.74) is 3.31. The first kappa shape index (κ1) is 18.0. The maximum atomic E-state index is 12.7. The zero-order chi connectivity index (χ0) is 19.5. The lowest BCUT2D eigenvalue weighted by atomic mass is 10.1. The first-order chi connectivity index (χ1) is 13.6. The lowest BCUT2D eigenvalue weighted by molar-refractivity contribution is 0.101. The number of nitrogens with zero attached hydrogens (tertiary/aromatic N) is 3. The minimum absolute atomic E-state index is 0.0657. The fourth-order valence-corrected chi connectivity index (χ4v) is 3.47. The van der Waals surface area contributed by atoms with Crippen LogP contribution in [0.15, 0.2) is 60.8 Å². The third-order valence-corrected chi connectivity index (χ3v) is 5.08. The van der Waals surface area contributed by atoms with Crippen molar-refractivity contribution in [1.82, 2.24) is 9.88 Å². The number of ketones is 1. The van der Waals surface area contributed by atoms with Crippen LogP contribution in [0.4, 0.5) is 16.2 Å². The summed E-state index contributed by atoms with van der Waals surface area (Å²) in [5, 5.41) is 4.00. The average molecular weight is 374 g/mol. The van der Waals surface area contributed by atoms with E-state index >= 15 is 0 Å². The van der Waals surface area contributed by atoms with Gasteiger partial charge in [0.05, 0.1) is 11.2 Å². The third kappa shape index (κ3) is 3.67. The SMILES string of the molecule is CC(=O)c1ccc(N2CCN(C(=O)Nc3cccc4cccnc34)CC2)cc1. The molecule has 0 unspecified atom stereocenters. The van der Waals surface area contributed by atoms with Crippen LogP contribution in [-0.2, 0) is 0 Å². The van der Waals surface area contributed by atoms with Gasteiger partial charge in [-0.05, 0) is 43.3 Å². The fraction of sp³-hybridized carbons (Fsp3) is 0.227. The van der Waals surface area contributed by atoms with Crippen molar-refractivity contribution in [3.63, 3.8) is 0 Å². The summed E-state index contributed by atoms with van der Waals surface area (Å²) in [6, 6.07) is 17.2. The first-order valence-corrected chi connectivity index (χ1v) is 9.37. The van der Waals surface area contributed by atoms with Crippen molar-refractivity contribution in [3.8, 4) is 0 Å². The van der Waals surface area contributed by atoms with Gasteiger partial charge >= 0.3 is 6.03 Å². The molecule has 3 aromatic rings. The van der Waals surface area contributed by atoms with Crippen LogP contribution in [0.1, 0.15) is 17.3 Å². The molecule has 1 fully saturated rings. The zero-order valence-corrected chi connectivity index (χ0v) is 15.8. The molecule has 1 aliphatic heterocycles. The van der Waals surface area contributed by atoms with Crippen LogP contribution in [0, 0.1) is 0 Å². The predicted octanol–water partition coefficient (Wildman–Crippen LogP) is 3.79. The van der Waals surface area contributed by atoms with E-state index in [1.165, 1.54) is 0 Å². The van der Waals surface area contributed by atoms with E-state index < -0.39 is 0 Å². The Morgan fingerprint density at radius 2 is 1.64 bits per heavy atom. The maximum absolute atomic E-state index is 12.7. The predicted molar refractivity (Wildman–Crippen MR) is 111 cm³/mol. The molecule has 0 radical (unpaired) electrons. The molecule has 2 amide bonds. The van der Waals surface area contributed by atoms with E-state index in [-0.39, 0.29) is 11.8 Å². The molecule has 0 spiro atoms. The van der Waals surface area contributed by atoms with Gasteiger partial charge in [-0.3, -0.25) is 9.78 Å². The third-order valence-electron chi connectivity index (χ3n) is 5.08. The molecule has 6 nitrogen and oxygen atoms in total. The van der Waals surface area contributed by atoms with Crippen molar-refractivity contribution in [2.45, 2.75) is 6.92 Å². The van der Waals surface area contributed by atoms with Gasteiger partial charge in [0.2, 0.25) is 0 Å². The second-order valence-electron chi connectivity index (χ2n) is 6.89. The minimum Gasteiger partial charge on any atom is -0.368 e. The standard InChI is InChI=1S/C22H22N4O2/c1-16(27)17-7-9-19(10-8-17)25-12-14-26(15-13-25)22(28)24-20-6-2-4-18-5-3-11-23-21(18)20/h2-11H,12-15H2,1H3,(H,24,28). The van der Waals surface area contributed by atoms with Gasteiger partial charge < -0.3 is 15.1 Å². The van der Waals surface area contributed by atoms with Gasteiger partial charge in [0.25, 0.3) is 0 Å². The van der Waals surface area contributed by atoms with Crippen molar-refractivity contribution in [2.24, 2.45) is 0 Å². The number of benzene rings is 2. The molecule has 142 valence electrons. The van der Waals surface area contributed by atoms with Crippen molar-refractivity contribution < 1.29 is 9.59 Å². The number of fused-ring (bicyclic) bond motifs is 1. The highest BCUT2D eigenvalue weighted by molar-refractivity contribution is 5.99. The second kappa shape index (κ2) is 7.68. The van der Waals surface area contributed by atoms with Gasteiger partial charge in [-0.15, -0.1) is 0 Å². The number of pyridine rings is 1. The number of amides is 2. The molecule has 2 heterocycles. The Bertz CT molecular complexity index is 1000. The van der Waals surface area contributed by atoms with E-state index in [9.17, 15) is 9.59 Å². The average Bonchev–Trinajstić information content (AvgIpc) is 2.74. The Kier molecular flexibility index (Phi) is 4.93. The number of Topliss-reactive ketones (excluding diaryl/α,β-unsaturated/α-hetero) is 1. The number of rotatable bonds is 3. The Labute approximate surface area is 163 Å². The summed E-state index contributed by atoms with van der Waals surface area (Å²) in [7, 11) is 0. The number of hydrogen-bond donors (Lipinski definition) is 1. The molecule has 0 atom stereocenters. The van der Waals surface area contributed by atoms with E-state index in [1.807, 2.05) is 59.5 Å². The van der Waals surface area contributed by atoms with Crippen LogP contribution in [0.25, 0.3) is 10.9 Å². The lowest BCUT2D eigenvalue weighted by Crippen LogP contribution is -2.50. The van der Waals surface area contributed by atoms with Crippen molar-refractivity contribution in [2.75, 3.05) is 36.4 Å². The van der Waals surface area contributed by atoms with E-state index in [1.54, 1.807) is 13.1 Å². The minimum atomic E-state index is -0.107. The number of piperazine rings is 1. The molecular weight excluding hydrogens is 352 g/mol. The number of carbonyl (C=O) groups excluding carboxylic acids is 2. The van der Waals surface area contributed by atoms with Gasteiger partial charge in [0, 0.05) is 49.0 Å². The van der Waals surface area contributed by atoms with Crippen LogP contribution in [0.3, 0.4) is 0 Å². The smallest absolute Gasteiger partial charge is 0.322 e. The molecule has 1 N–H and O–H groups in total. The number of urea groups is 1. The highest BCUT2D eigenvalue weighted by atomic mass is 16.2. The van der Waals surface area contributed by atoms with E-state index in [4.69, 9.17) is 0 Å². The normalized spacial score (nSPS) is 14.2. The van der Waals surface area contributed by atoms with Gasteiger partial charge in [-0.1, -0.05) is 18.2 Å². The zero-order valence-electron chi connectivity index (χ0n) is 15.8. The monoisotopic (exact) mass is 374 g/mol. The molecule has 1 aromatic heterocycles. The van der Waals surface area contributed by atoms with E-state index in [0.717, 1.165) is 35.4 Å². The quantitative estimate of drug-likeness (QED) is 0.709. The number of hydrogen-bond acceptors (Lipinski definition) is 4. The number of carbonyl (C=O) groups is 2. The molecule has 6 heteroatoms. The molecule has 1 saturated heterocycles. The number of nitrogens with one attached hydrogen (secondary N) is 1. The molecule has 0 aliphatic carbocycles. The van der Waals surface area contributed by atoms with Crippen molar-refractivity contribution in [1.29, 1.82) is 0 Å². The van der Waals surface area contributed by atoms with Crippen LogP contribution < -0.4 is 10.2 Å². The summed E-state index contributed by atoms with van der Waals surface area (Å²) < 4.78 is 0. The largest absolute Gasteiger partial charge is 0.368 e. The summed E-state index contributed by atoms with van der Waals surface area (Å²) in [6.07, 6.45) is 1.73. The van der Waals surface area contributed by atoms with Crippen LogP contribution in [-0.4, -0.2) is 47.9 Å². The molecule has 0 saturated carbocycles. The number of anilines is 2. The van der Waals surface area contributed by atoms with Gasteiger partial charge in [-0.2, -0.15) is 0 Å². The summed E-state index contributed by atoms with van der Waals surface area (Å²) >= 11 is 0. The molecule has 28 heavy (non-hydrogen) atoms. The molecular formula is C22H22N4O2. The van der Waals surface area contributed by atoms with Gasteiger partial charge in [0.15, 0.2) is 5.78 Å². The van der Waals surface area contributed by atoms with Gasteiger partial charge in [-0.25, -0.2) is 4.79 Å². The number of aromatic nitrogens is 1. The van der Waals surface area contributed by atoms with E-state index in [2.05, 4.69) is 15.2 Å². The fourth-order valence-electron chi connectivity index (χ4n) is 3.47. The Balaban J connectivity index is 1.39. The van der Waals surface area contributed by atoms with Crippen molar-refractivity contribution in [3.05, 3.63) is 66.4 Å². The topological polar surface area (TPSA) is 65.5 Å². The maximum Gasteiger partial charge on any atom is 0.322 e. The van der Waals surface area contributed by atoms with Gasteiger partial charge in [0.1, 0.15) is 0 Å². The summed E-state index contributed by atoms with van der Waals surface area (Å²) in [5.74, 6) is 0.0657. The van der Waals surface area contributed by atoms with E-state index in [0.29, 0.717) is 18.7 Å². The summed E-state index contributed by atoms with van der Waals surface area (Å²) in [4.78, 5) is 32.6. The second-order valence-corrected chi connectivity index (χ2v) is 6.89. The lowest BCUT2D eigenvalue weighted by Gasteiger charge is -2.36. The summed E-state index contributed by atoms with van der Waals surface area (Å²) in [6.45, 7) is 4.34. The molecule has 1 aliphatic rings. The van der Waals surface area contributed by atoms with Crippen LogP contribution in [0.2, 0.25) is 0 Å². The van der Waals surface area contributed by atoms with Crippen molar-refractivity contribution >= 4 is 34.1 Å². The van der Waals surface area contributed by atoms with Crippen LogP contribution in [0.5, 0.6) is 0 Å². The Morgan fingerprint density at radius 3 is 2.36 bits per heavy atom. The molecule has 4 rings (SSSR count). The molecule has 0 bridgehead atoms.